The van der Waals surface area contributed by atoms with Gasteiger partial charge in [0.25, 0.3) is 0 Å². The summed E-state index contributed by atoms with van der Waals surface area (Å²) in [6.07, 6.45) is -1.17. The molecular weight excluding hydrogens is 450 g/mol. The predicted octanol–water partition coefficient (Wildman–Crippen LogP) is 4.23. The van der Waals surface area contributed by atoms with E-state index in [9.17, 15) is 14.4 Å². The molecule has 2 aliphatic rings. The number of carbonyl (C=O) groups excluding carboxylic acids is 3. The van der Waals surface area contributed by atoms with Gasteiger partial charge in [0.1, 0.15) is 18.3 Å². The average molecular weight is 482 g/mol. The van der Waals surface area contributed by atoms with Crippen LogP contribution < -0.4 is 10.2 Å². The maximum Gasteiger partial charge on any atom is 0.414 e. The topological polar surface area (TPSA) is 97.4 Å². The summed E-state index contributed by atoms with van der Waals surface area (Å²) in [4.78, 5) is 40.2. The maximum atomic E-state index is 12.6. The SMILES string of the molecule is CC(C)(C)OC(=O)NC[C@H]1CN(c2ccc3c(c2)CN(C(=O)OCc2ccccc2)CC3)C(=O)O1. The van der Waals surface area contributed by atoms with E-state index in [1.54, 1.807) is 25.7 Å². The first-order chi connectivity index (χ1) is 16.7. The highest BCUT2D eigenvalue weighted by Crippen LogP contribution is 2.28. The van der Waals surface area contributed by atoms with Gasteiger partial charge in [0, 0.05) is 18.8 Å². The molecule has 2 heterocycles. The van der Waals surface area contributed by atoms with Crippen molar-refractivity contribution in [2.24, 2.45) is 0 Å². The Balaban J connectivity index is 1.34. The molecule has 9 nitrogen and oxygen atoms in total. The number of nitrogens with one attached hydrogen (secondary N) is 1. The number of alkyl carbamates (subject to hydrolysis) is 1. The molecule has 0 spiro atoms. The van der Waals surface area contributed by atoms with Crippen molar-refractivity contribution in [2.45, 2.75) is 52.0 Å². The van der Waals surface area contributed by atoms with E-state index in [2.05, 4.69) is 5.32 Å². The monoisotopic (exact) mass is 481 g/mol. The standard InChI is InChI=1S/C26H31N3O6/c1-26(2,3)35-23(30)27-14-22-16-29(25(32)34-22)21-10-9-19-11-12-28(15-20(19)13-21)24(31)33-17-18-7-5-4-6-8-18/h4-10,13,22H,11-12,14-17H2,1-3H3,(H,27,30)/t22-/m0/s1. The van der Waals surface area contributed by atoms with Crippen molar-refractivity contribution in [3.05, 3.63) is 65.2 Å². The number of hydrogen-bond donors (Lipinski definition) is 1. The number of amides is 3. The van der Waals surface area contributed by atoms with Crippen LogP contribution in [0.25, 0.3) is 0 Å². The lowest BCUT2D eigenvalue weighted by Crippen LogP contribution is -2.38. The van der Waals surface area contributed by atoms with Crippen molar-refractivity contribution in [3.63, 3.8) is 0 Å². The Kier molecular flexibility index (Phi) is 7.14. The fraction of sp³-hybridized carbons (Fsp3) is 0.423. The average Bonchev–Trinajstić information content (AvgIpc) is 3.20. The molecule has 0 aromatic heterocycles. The fourth-order valence-electron chi connectivity index (χ4n) is 4.03. The molecule has 1 fully saturated rings. The van der Waals surface area contributed by atoms with Crippen LogP contribution in [0.4, 0.5) is 20.1 Å². The Hall–Kier alpha value is -3.75. The van der Waals surface area contributed by atoms with Crippen LogP contribution >= 0.6 is 0 Å². The first-order valence-corrected chi connectivity index (χ1v) is 11.7. The molecule has 1 N–H and O–H groups in total. The Bertz CT molecular complexity index is 1080. The van der Waals surface area contributed by atoms with Gasteiger partial charge in [-0.15, -0.1) is 0 Å². The van der Waals surface area contributed by atoms with E-state index >= 15 is 0 Å². The van der Waals surface area contributed by atoms with Gasteiger partial charge in [-0.1, -0.05) is 36.4 Å². The van der Waals surface area contributed by atoms with E-state index < -0.39 is 23.9 Å². The van der Waals surface area contributed by atoms with Crippen LogP contribution in [0.2, 0.25) is 0 Å². The van der Waals surface area contributed by atoms with Crippen LogP contribution in [-0.2, 0) is 33.8 Å². The molecule has 2 aromatic carbocycles. The summed E-state index contributed by atoms with van der Waals surface area (Å²) in [5.41, 5.74) is 3.12. The summed E-state index contributed by atoms with van der Waals surface area (Å²) >= 11 is 0. The second kappa shape index (κ2) is 10.2. The molecule has 9 heteroatoms. The van der Waals surface area contributed by atoms with Crippen molar-refractivity contribution in [1.29, 1.82) is 0 Å². The molecule has 1 atom stereocenters. The largest absolute Gasteiger partial charge is 0.445 e. The van der Waals surface area contributed by atoms with Crippen molar-refractivity contribution in [2.75, 3.05) is 24.5 Å². The van der Waals surface area contributed by atoms with Gasteiger partial charge in [-0.05, 0) is 56.0 Å². The Morgan fingerprint density at radius 2 is 1.89 bits per heavy atom. The van der Waals surface area contributed by atoms with Crippen molar-refractivity contribution < 1.29 is 28.6 Å². The normalized spacial score (nSPS) is 17.5. The van der Waals surface area contributed by atoms with Crippen LogP contribution in [0.1, 0.15) is 37.5 Å². The van der Waals surface area contributed by atoms with Crippen molar-refractivity contribution in [1.82, 2.24) is 10.2 Å². The number of hydrogen-bond acceptors (Lipinski definition) is 6. The van der Waals surface area contributed by atoms with Gasteiger partial charge in [0.05, 0.1) is 13.1 Å². The van der Waals surface area contributed by atoms with Crippen LogP contribution in [-0.4, -0.2) is 54.5 Å². The van der Waals surface area contributed by atoms with E-state index in [0.717, 1.165) is 16.7 Å². The summed E-state index contributed by atoms with van der Waals surface area (Å²) in [5, 5.41) is 2.64. The summed E-state index contributed by atoms with van der Waals surface area (Å²) in [7, 11) is 0. The molecule has 0 aliphatic carbocycles. The molecule has 0 radical (unpaired) electrons. The van der Waals surface area contributed by atoms with Gasteiger partial charge >= 0.3 is 18.3 Å². The third-order valence-corrected chi connectivity index (χ3v) is 5.72. The summed E-state index contributed by atoms with van der Waals surface area (Å²) in [6, 6.07) is 15.3. The third kappa shape index (κ3) is 6.44. The first-order valence-electron chi connectivity index (χ1n) is 11.7. The molecule has 2 aliphatic heterocycles. The quantitative estimate of drug-likeness (QED) is 0.642. The number of rotatable bonds is 5. The molecule has 3 amide bonds. The van der Waals surface area contributed by atoms with Gasteiger partial charge in [-0.25, -0.2) is 14.4 Å². The summed E-state index contributed by atoms with van der Waals surface area (Å²) in [6.45, 7) is 7.01. The number of cyclic esters (lactones) is 1. The smallest absolute Gasteiger partial charge is 0.414 e. The van der Waals surface area contributed by atoms with Gasteiger partial charge in [-0.2, -0.15) is 0 Å². The third-order valence-electron chi connectivity index (χ3n) is 5.72. The highest BCUT2D eigenvalue weighted by molar-refractivity contribution is 5.90. The Morgan fingerprint density at radius 1 is 1.11 bits per heavy atom. The number of carbonyl (C=O) groups is 3. The van der Waals surface area contributed by atoms with E-state index in [1.807, 2.05) is 48.5 Å². The van der Waals surface area contributed by atoms with Crippen molar-refractivity contribution in [3.8, 4) is 0 Å². The number of nitrogens with zero attached hydrogens (tertiary/aromatic N) is 2. The molecule has 35 heavy (non-hydrogen) atoms. The zero-order valence-corrected chi connectivity index (χ0v) is 20.3. The second-order valence-electron chi connectivity index (χ2n) is 9.66. The van der Waals surface area contributed by atoms with E-state index in [-0.39, 0.29) is 19.2 Å². The van der Waals surface area contributed by atoms with Crippen molar-refractivity contribution >= 4 is 24.0 Å². The Labute approximate surface area is 204 Å². The fourth-order valence-corrected chi connectivity index (χ4v) is 4.03. The zero-order chi connectivity index (χ0) is 25.0. The number of benzene rings is 2. The second-order valence-corrected chi connectivity index (χ2v) is 9.66. The van der Waals surface area contributed by atoms with E-state index in [0.29, 0.717) is 31.7 Å². The number of ether oxygens (including phenoxy) is 3. The van der Waals surface area contributed by atoms with E-state index in [1.165, 1.54) is 4.90 Å². The minimum atomic E-state index is -0.604. The molecule has 0 unspecified atom stereocenters. The molecular formula is C26H31N3O6. The van der Waals surface area contributed by atoms with Gasteiger partial charge in [0.15, 0.2) is 0 Å². The molecule has 4 rings (SSSR count). The number of anilines is 1. The van der Waals surface area contributed by atoms with Crippen LogP contribution in [0.15, 0.2) is 48.5 Å². The van der Waals surface area contributed by atoms with Gasteiger partial charge in [-0.3, -0.25) is 4.90 Å². The van der Waals surface area contributed by atoms with Crippen LogP contribution in [0, 0.1) is 0 Å². The van der Waals surface area contributed by atoms with Gasteiger partial charge < -0.3 is 24.4 Å². The molecule has 1 saturated heterocycles. The molecule has 186 valence electrons. The zero-order valence-electron chi connectivity index (χ0n) is 20.3. The summed E-state index contributed by atoms with van der Waals surface area (Å²) < 4.78 is 16.1. The lowest BCUT2D eigenvalue weighted by molar-refractivity contribution is 0.0496. The molecule has 0 bridgehead atoms. The summed E-state index contributed by atoms with van der Waals surface area (Å²) in [5.74, 6) is 0. The highest BCUT2D eigenvalue weighted by atomic mass is 16.6. The van der Waals surface area contributed by atoms with E-state index in [4.69, 9.17) is 14.2 Å². The minimum absolute atomic E-state index is 0.156. The highest BCUT2D eigenvalue weighted by Gasteiger charge is 2.33. The molecule has 2 aromatic rings. The Morgan fingerprint density at radius 3 is 2.63 bits per heavy atom. The predicted molar refractivity (Wildman–Crippen MR) is 129 cm³/mol. The molecule has 0 saturated carbocycles. The first kappa shape index (κ1) is 24.4. The maximum absolute atomic E-state index is 12.6. The van der Waals surface area contributed by atoms with Crippen LogP contribution in [0.3, 0.4) is 0 Å². The lowest BCUT2D eigenvalue weighted by atomic mass is 9.99. The lowest BCUT2D eigenvalue weighted by Gasteiger charge is -2.29. The van der Waals surface area contributed by atoms with Gasteiger partial charge in [0.2, 0.25) is 0 Å². The minimum Gasteiger partial charge on any atom is -0.445 e. The van der Waals surface area contributed by atoms with Crippen LogP contribution in [0.5, 0.6) is 0 Å². The number of fused-ring (bicyclic) bond motifs is 1.